The highest BCUT2D eigenvalue weighted by Gasteiger charge is 2.21. The number of rotatable bonds is 2. The van der Waals surface area contributed by atoms with Gasteiger partial charge in [-0.2, -0.15) is 0 Å². The Bertz CT molecular complexity index is 680. The van der Waals surface area contributed by atoms with Crippen molar-refractivity contribution < 1.29 is 8.42 Å². The predicted molar refractivity (Wildman–Crippen MR) is 71.9 cm³/mol. The molecular formula is C13H14N2O2S. The first-order valence-electron chi connectivity index (χ1n) is 5.42. The average molecular weight is 262 g/mol. The van der Waals surface area contributed by atoms with Gasteiger partial charge >= 0.3 is 0 Å². The van der Waals surface area contributed by atoms with Crippen molar-refractivity contribution in [3.8, 4) is 11.1 Å². The number of nitrogen functional groups attached to an aromatic ring is 1. The van der Waals surface area contributed by atoms with Crippen LogP contribution in [0.5, 0.6) is 0 Å². The van der Waals surface area contributed by atoms with Gasteiger partial charge in [0.1, 0.15) is 10.7 Å². The van der Waals surface area contributed by atoms with E-state index < -0.39 is 9.84 Å². The van der Waals surface area contributed by atoms with Crippen molar-refractivity contribution in [3.05, 3.63) is 42.1 Å². The molecule has 0 bridgehead atoms. The minimum Gasteiger partial charge on any atom is -0.383 e. The molecule has 0 aliphatic carbocycles. The largest absolute Gasteiger partial charge is 0.383 e. The lowest BCUT2D eigenvalue weighted by molar-refractivity contribution is 0.602. The van der Waals surface area contributed by atoms with Crippen molar-refractivity contribution in [2.75, 3.05) is 12.0 Å². The van der Waals surface area contributed by atoms with Crippen molar-refractivity contribution in [1.82, 2.24) is 4.98 Å². The first-order chi connectivity index (χ1) is 8.41. The van der Waals surface area contributed by atoms with Crippen LogP contribution in [0.25, 0.3) is 11.1 Å². The Hall–Kier alpha value is -1.88. The van der Waals surface area contributed by atoms with Crippen LogP contribution in [-0.2, 0) is 9.84 Å². The molecule has 0 spiro atoms. The highest BCUT2D eigenvalue weighted by atomic mass is 32.2. The molecular weight excluding hydrogens is 248 g/mol. The summed E-state index contributed by atoms with van der Waals surface area (Å²) >= 11 is 0. The summed E-state index contributed by atoms with van der Waals surface area (Å²) < 4.78 is 23.8. The number of anilines is 1. The topological polar surface area (TPSA) is 73.0 Å². The van der Waals surface area contributed by atoms with Crippen molar-refractivity contribution >= 4 is 15.7 Å². The molecule has 94 valence electrons. The standard InChI is InChI=1S/C13H14N2O2S/c1-9-8-15-13(14)12(18(2,16)17)11(9)10-6-4-3-5-7-10/h3-8H,1-2H3,(H2,14,15). The maximum Gasteiger partial charge on any atom is 0.179 e. The number of aryl methyl sites for hydroxylation is 1. The van der Waals surface area contributed by atoms with Crippen LogP contribution in [0, 0.1) is 6.92 Å². The van der Waals surface area contributed by atoms with Crippen LogP contribution in [0.2, 0.25) is 0 Å². The number of hydrogen-bond acceptors (Lipinski definition) is 4. The summed E-state index contributed by atoms with van der Waals surface area (Å²) in [6, 6.07) is 9.31. The van der Waals surface area contributed by atoms with E-state index in [2.05, 4.69) is 4.98 Å². The van der Waals surface area contributed by atoms with Gasteiger partial charge in [0, 0.05) is 18.0 Å². The highest BCUT2D eigenvalue weighted by Crippen LogP contribution is 2.33. The van der Waals surface area contributed by atoms with E-state index in [0.717, 1.165) is 17.4 Å². The Morgan fingerprint density at radius 3 is 2.33 bits per heavy atom. The van der Waals surface area contributed by atoms with E-state index in [1.165, 1.54) is 0 Å². The van der Waals surface area contributed by atoms with Crippen LogP contribution < -0.4 is 5.73 Å². The first-order valence-corrected chi connectivity index (χ1v) is 7.31. The van der Waals surface area contributed by atoms with Gasteiger partial charge in [0.05, 0.1) is 0 Å². The molecule has 0 aliphatic rings. The predicted octanol–water partition coefficient (Wildman–Crippen LogP) is 2.04. The molecule has 0 aliphatic heterocycles. The minimum atomic E-state index is -3.42. The number of pyridine rings is 1. The third kappa shape index (κ3) is 2.22. The van der Waals surface area contributed by atoms with Gasteiger partial charge in [-0.3, -0.25) is 0 Å². The molecule has 2 rings (SSSR count). The van der Waals surface area contributed by atoms with Crippen LogP contribution >= 0.6 is 0 Å². The van der Waals surface area contributed by atoms with Crippen LogP contribution in [0.3, 0.4) is 0 Å². The van der Waals surface area contributed by atoms with Crippen LogP contribution in [0.1, 0.15) is 5.56 Å². The maximum absolute atomic E-state index is 11.9. The number of aromatic nitrogens is 1. The molecule has 2 N–H and O–H groups in total. The Labute approximate surface area is 106 Å². The Kier molecular flexibility index (Phi) is 3.09. The lowest BCUT2D eigenvalue weighted by Crippen LogP contribution is -2.08. The summed E-state index contributed by atoms with van der Waals surface area (Å²) in [4.78, 5) is 4.04. The molecule has 0 saturated heterocycles. The third-order valence-electron chi connectivity index (χ3n) is 2.68. The Morgan fingerprint density at radius 1 is 1.17 bits per heavy atom. The second-order valence-corrected chi connectivity index (χ2v) is 6.12. The summed E-state index contributed by atoms with van der Waals surface area (Å²) in [7, 11) is -3.42. The number of nitrogens with two attached hydrogens (primary N) is 1. The highest BCUT2D eigenvalue weighted by molar-refractivity contribution is 7.91. The number of benzene rings is 1. The van der Waals surface area contributed by atoms with Gasteiger partial charge in [0.25, 0.3) is 0 Å². The van der Waals surface area contributed by atoms with E-state index in [4.69, 9.17) is 5.73 Å². The zero-order valence-corrected chi connectivity index (χ0v) is 11.0. The monoisotopic (exact) mass is 262 g/mol. The zero-order valence-electron chi connectivity index (χ0n) is 10.2. The normalized spacial score (nSPS) is 11.4. The molecule has 1 aromatic heterocycles. The molecule has 2 aromatic rings. The molecule has 4 nitrogen and oxygen atoms in total. The molecule has 0 fully saturated rings. The first kappa shape index (κ1) is 12.6. The lowest BCUT2D eigenvalue weighted by atomic mass is 10.0. The van der Waals surface area contributed by atoms with Gasteiger partial charge in [-0.15, -0.1) is 0 Å². The van der Waals surface area contributed by atoms with Crippen molar-refractivity contribution in [3.63, 3.8) is 0 Å². The number of hydrogen-bond donors (Lipinski definition) is 1. The average Bonchev–Trinajstić information content (AvgIpc) is 2.31. The van der Waals surface area contributed by atoms with Crippen molar-refractivity contribution in [2.24, 2.45) is 0 Å². The summed E-state index contributed by atoms with van der Waals surface area (Å²) in [6.45, 7) is 1.82. The summed E-state index contributed by atoms with van der Waals surface area (Å²) in [6.07, 6.45) is 2.73. The van der Waals surface area contributed by atoms with E-state index in [1.807, 2.05) is 37.3 Å². The van der Waals surface area contributed by atoms with Crippen molar-refractivity contribution in [2.45, 2.75) is 11.8 Å². The van der Waals surface area contributed by atoms with Crippen LogP contribution in [0.15, 0.2) is 41.4 Å². The quantitative estimate of drug-likeness (QED) is 0.899. The molecule has 0 unspecified atom stereocenters. The summed E-state index contributed by atoms with van der Waals surface area (Å²) in [5.74, 6) is 0.0435. The molecule has 0 amide bonds. The van der Waals surface area contributed by atoms with Gasteiger partial charge in [0.2, 0.25) is 0 Å². The minimum absolute atomic E-state index is 0.0435. The van der Waals surface area contributed by atoms with Crippen LogP contribution in [0.4, 0.5) is 5.82 Å². The summed E-state index contributed by atoms with van der Waals surface area (Å²) in [5.41, 5.74) is 7.97. The fraction of sp³-hybridized carbons (Fsp3) is 0.154. The van der Waals surface area contributed by atoms with Gasteiger partial charge in [-0.05, 0) is 18.1 Å². The van der Waals surface area contributed by atoms with Gasteiger partial charge in [-0.1, -0.05) is 30.3 Å². The van der Waals surface area contributed by atoms with E-state index in [9.17, 15) is 8.42 Å². The molecule has 0 atom stereocenters. The second kappa shape index (κ2) is 4.42. The molecule has 1 aromatic carbocycles. The van der Waals surface area contributed by atoms with E-state index >= 15 is 0 Å². The smallest absolute Gasteiger partial charge is 0.179 e. The van der Waals surface area contributed by atoms with Crippen molar-refractivity contribution in [1.29, 1.82) is 0 Å². The Balaban J connectivity index is 2.86. The molecule has 1 heterocycles. The molecule has 0 radical (unpaired) electrons. The summed E-state index contributed by atoms with van der Waals surface area (Å²) in [5, 5.41) is 0. The lowest BCUT2D eigenvalue weighted by Gasteiger charge is -2.13. The number of nitrogens with zero attached hydrogens (tertiary/aromatic N) is 1. The van der Waals surface area contributed by atoms with E-state index in [1.54, 1.807) is 6.20 Å². The molecule has 0 saturated carbocycles. The van der Waals surface area contributed by atoms with E-state index in [-0.39, 0.29) is 10.7 Å². The van der Waals surface area contributed by atoms with Gasteiger partial charge in [-0.25, -0.2) is 13.4 Å². The Morgan fingerprint density at radius 2 is 1.78 bits per heavy atom. The zero-order chi connectivity index (χ0) is 13.3. The SMILES string of the molecule is Cc1cnc(N)c(S(C)(=O)=O)c1-c1ccccc1. The van der Waals surface area contributed by atoms with Gasteiger partial charge < -0.3 is 5.73 Å². The fourth-order valence-electron chi connectivity index (χ4n) is 1.94. The maximum atomic E-state index is 11.9. The van der Waals surface area contributed by atoms with Gasteiger partial charge in [0.15, 0.2) is 9.84 Å². The van der Waals surface area contributed by atoms with Crippen LogP contribution in [-0.4, -0.2) is 19.7 Å². The number of sulfone groups is 1. The molecule has 5 heteroatoms. The fourth-order valence-corrected chi connectivity index (χ4v) is 3.02. The second-order valence-electron chi connectivity index (χ2n) is 4.17. The van der Waals surface area contributed by atoms with E-state index in [0.29, 0.717) is 5.56 Å². The molecule has 18 heavy (non-hydrogen) atoms. The third-order valence-corrected chi connectivity index (χ3v) is 3.84.